The minimum Gasteiger partial charge on any atom is -0.385 e. The summed E-state index contributed by atoms with van der Waals surface area (Å²) < 4.78 is 9.50. The standard InChI is InChI=1S/C9H11N.CH3F/c1-2-6-9-8(4-1)5-3-7-10-9;1-2/h1-2,4,6,10H,3,5,7H2;1H3. The van der Waals surface area contributed by atoms with Crippen molar-refractivity contribution in [3.63, 3.8) is 0 Å². The Morgan fingerprint density at radius 2 is 2.00 bits per heavy atom. The summed E-state index contributed by atoms with van der Waals surface area (Å²) in [6.07, 6.45) is 2.51. The normalized spacial score (nSPS) is 13.5. The summed E-state index contributed by atoms with van der Waals surface area (Å²) in [5.74, 6) is 0. The Balaban J connectivity index is 0.000000336. The SMILES string of the molecule is CF.c1ccc2c(c1)CCCN2. The molecule has 1 aromatic rings. The Bertz CT molecular complexity index is 210. The lowest BCUT2D eigenvalue weighted by Crippen LogP contribution is -2.10. The van der Waals surface area contributed by atoms with Crippen LogP contribution in [0.3, 0.4) is 0 Å². The molecule has 0 bridgehead atoms. The van der Waals surface area contributed by atoms with E-state index in [0.717, 1.165) is 6.54 Å². The number of rotatable bonds is 0. The van der Waals surface area contributed by atoms with Crippen LogP contribution >= 0.6 is 0 Å². The van der Waals surface area contributed by atoms with Gasteiger partial charge in [0, 0.05) is 12.2 Å². The van der Waals surface area contributed by atoms with E-state index in [4.69, 9.17) is 0 Å². The molecule has 0 saturated carbocycles. The van der Waals surface area contributed by atoms with Crippen molar-refractivity contribution in [2.45, 2.75) is 12.8 Å². The van der Waals surface area contributed by atoms with E-state index < -0.39 is 0 Å². The van der Waals surface area contributed by atoms with Gasteiger partial charge in [-0.3, -0.25) is 4.39 Å². The fraction of sp³-hybridized carbons (Fsp3) is 0.400. The largest absolute Gasteiger partial charge is 0.385 e. The summed E-state index contributed by atoms with van der Waals surface area (Å²) in [4.78, 5) is 0. The summed E-state index contributed by atoms with van der Waals surface area (Å²) in [6, 6.07) is 8.53. The third-order valence-electron chi connectivity index (χ3n) is 1.96. The number of anilines is 1. The van der Waals surface area contributed by atoms with E-state index in [2.05, 4.69) is 29.6 Å². The zero-order valence-electron chi connectivity index (χ0n) is 7.31. The molecule has 0 atom stereocenters. The van der Waals surface area contributed by atoms with Crippen LogP contribution in [0.1, 0.15) is 12.0 Å². The van der Waals surface area contributed by atoms with Gasteiger partial charge < -0.3 is 5.32 Å². The van der Waals surface area contributed by atoms with Crippen molar-refractivity contribution >= 4 is 5.69 Å². The van der Waals surface area contributed by atoms with Gasteiger partial charge in [0.2, 0.25) is 0 Å². The van der Waals surface area contributed by atoms with Crippen LogP contribution in [-0.2, 0) is 6.42 Å². The minimum absolute atomic E-state index is 0.500. The van der Waals surface area contributed by atoms with Crippen molar-refractivity contribution in [2.75, 3.05) is 19.0 Å². The molecule has 1 aliphatic heterocycles. The van der Waals surface area contributed by atoms with Crippen LogP contribution in [0.4, 0.5) is 10.1 Å². The van der Waals surface area contributed by atoms with Crippen LogP contribution in [-0.4, -0.2) is 13.7 Å². The van der Waals surface area contributed by atoms with Crippen LogP contribution in [0, 0.1) is 0 Å². The Morgan fingerprint density at radius 1 is 1.25 bits per heavy atom. The van der Waals surface area contributed by atoms with Crippen molar-refractivity contribution in [3.8, 4) is 0 Å². The number of halogens is 1. The smallest absolute Gasteiger partial charge is 0.0785 e. The molecule has 0 unspecified atom stereocenters. The molecule has 0 amide bonds. The first-order valence-corrected chi connectivity index (χ1v) is 4.16. The van der Waals surface area contributed by atoms with Gasteiger partial charge in [0.15, 0.2) is 0 Å². The van der Waals surface area contributed by atoms with Crippen LogP contribution in [0.25, 0.3) is 0 Å². The first-order chi connectivity index (χ1) is 5.97. The number of benzene rings is 1. The zero-order chi connectivity index (χ0) is 8.81. The summed E-state index contributed by atoms with van der Waals surface area (Å²) in [5, 5.41) is 3.36. The molecule has 0 aliphatic carbocycles. The molecule has 0 fully saturated rings. The highest BCUT2D eigenvalue weighted by Crippen LogP contribution is 2.19. The van der Waals surface area contributed by atoms with Gasteiger partial charge in [-0.15, -0.1) is 0 Å². The predicted molar refractivity (Wildman–Crippen MR) is 50.3 cm³/mol. The fourth-order valence-corrected chi connectivity index (χ4v) is 1.41. The van der Waals surface area contributed by atoms with Crippen molar-refractivity contribution < 1.29 is 4.39 Å². The molecule has 12 heavy (non-hydrogen) atoms. The molecule has 1 aromatic carbocycles. The summed E-state index contributed by atoms with van der Waals surface area (Å²) in [6.45, 7) is 1.14. The number of alkyl halides is 1. The third-order valence-corrected chi connectivity index (χ3v) is 1.96. The molecule has 0 saturated heterocycles. The maximum absolute atomic E-state index is 9.50. The van der Waals surface area contributed by atoms with Gasteiger partial charge in [0.25, 0.3) is 0 Å². The topological polar surface area (TPSA) is 12.0 Å². The molecule has 0 radical (unpaired) electrons. The van der Waals surface area contributed by atoms with E-state index in [9.17, 15) is 4.39 Å². The first kappa shape index (κ1) is 9.04. The average molecular weight is 167 g/mol. The van der Waals surface area contributed by atoms with Crippen molar-refractivity contribution in [3.05, 3.63) is 29.8 Å². The van der Waals surface area contributed by atoms with Crippen LogP contribution < -0.4 is 5.32 Å². The second kappa shape index (κ2) is 4.75. The van der Waals surface area contributed by atoms with Gasteiger partial charge in [-0.1, -0.05) is 18.2 Å². The average Bonchev–Trinajstić information content (AvgIpc) is 2.21. The van der Waals surface area contributed by atoms with Crippen molar-refractivity contribution in [1.29, 1.82) is 0 Å². The quantitative estimate of drug-likeness (QED) is 0.626. The van der Waals surface area contributed by atoms with E-state index in [-0.39, 0.29) is 0 Å². The summed E-state index contributed by atoms with van der Waals surface area (Å²) >= 11 is 0. The monoisotopic (exact) mass is 167 g/mol. The molecule has 1 aliphatic rings. The van der Waals surface area contributed by atoms with E-state index in [0.29, 0.717) is 7.18 Å². The molecule has 66 valence electrons. The molecular weight excluding hydrogens is 153 g/mol. The van der Waals surface area contributed by atoms with Gasteiger partial charge in [0.1, 0.15) is 0 Å². The summed E-state index contributed by atoms with van der Waals surface area (Å²) in [5.41, 5.74) is 2.79. The Hall–Kier alpha value is -1.05. The molecular formula is C10H14FN. The van der Waals surface area contributed by atoms with Crippen molar-refractivity contribution in [2.24, 2.45) is 0 Å². The number of hydrogen-bond acceptors (Lipinski definition) is 1. The highest BCUT2D eigenvalue weighted by molar-refractivity contribution is 5.52. The molecule has 0 spiro atoms. The molecule has 1 nitrogen and oxygen atoms in total. The van der Waals surface area contributed by atoms with Gasteiger partial charge in [-0.2, -0.15) is 0 Å². The van der Waals surface area contributed by atoms with Crippen LogP contribution in [0.15, 0.2) is 24.3 Å². The predicted octanol–water partition coefficient (Wildman–Crippen LogP) is 2.63. The third kappa shape index (κ3) is 1.97. The second-order valence-corrected chi connectivity index (χ2v) is 2.69. The Labute approximate surface area is 72.6 Å². The van der Waals surface area contributed by atoms with E-state index in [1.165, 1.54) is 24.1 Å². The molecule has 0 aromatic heterocycles. The fourth-order valence-electron chi connectivity index (χ4n) is 1.41. The molecule has 2 rings (SSSR count). The number of para-hydroxylation sites is 1. The van der Waals surface area contributed by atoms with E-state index >= 15 is 0 Å². The molecule has 2 heteroatoms. The van der Waals surface area contributed by atoms with E-state index in [1.807, 2.05) is 0 Å². The lowest BCUT2D eigenvalue weighted by atomic mass is 10.0. The number of nitrogens with one attached hydrogen (secondary N) is 1. The van der Waals surface area contributed by atoms with Gasteiger partial charge >= 0.3 is 0 Å². The number of hydrogen-bond donors (Lipinski definition) is 1. The van der Waals surface area contributed by atoms with Crippen LogP contribution in [0.2, 0.25) is 0 Å². The Morgan fingerprint density at radius 3 is 2.75 bits per heavy atom. The van der Waals surface area contributed by atoms with Gasteiger partial charge in [-0.25, -0.2) is 0 Å². The maximum Gasteiger partial charge on any atom is 0.0785 e. The Kier molecular flexibility index (Phi) is 3.58. The summed E-state index contributed by atoms with van der Waals surface area (Å²) in [7, 11) is 0.500. The molecule has 1 N–H and O–H groups in total. The number of aryl methyl sites for hydroxylation is 1. The highest BCUT2D eigenvalue weighted by Gasteiger charge is 2.04. The maximum atomic E-state index is 9.50. The van der Waals surface area contributed by atoms with Gasteiger partial charge in [-0.05, 0) is 24.5 Å². The highest BCUT2D eigenvalue weighted by atomic mass is 19.1. The lowest BCUT2D eigenvalue weighted by Gasteiger charge is -2.16. The number of fused-ring (bicyclic) bond motifs is 1. The molecule has 1 heterocycles. The van der Waals surface area contributed by atoms with Gasteiger partial charge in [0.05, 0.1) is 7.18 Å². The zero-order valence-corrected chi connectivity index (χ0v) is 7.31. The second-order valence-electron chi connectivity index (χ2n) is 2.69. The first-order valence-electron chi connectivity index (χ1n) is 4.16. The minimum atomic E-state index is 0.500. The van der Waals surface area contributed by atoms with E-state index in [1.54, 1.807) is 0 Å². The lowest BCUT2D eigenvalue weighted by molar-refractivity contribution is 0.636. The van der Waals surface area contributed by atoms with Crippen LogP contribution in [0.5, 0.6) is 0 Å². The van der Waals surface area contributed by atoms with Crippen molar-refractivity contribution in [1.82, 2.24) is 0 Å².